The fourth-order valence-electron chi connectivity index (χ4n) is 3.75. The van der Waals surface area contributed by atoms with Crippen molar-refractivity contribution in [2.45, 2.75) is 11.9 Å². The highest BCUT2D eigenvalue weighted by Gasteiger charge is 2.08. The highest BCUT2D eigenvalue weighted by atomic mass is 79.9. The van der Waals surface area contributed by atoms with Gasteiger partial charge in [0, 0.05) is 79.8 Å². The zero-order valence-corrected chi connectivity index (χ0v) is 27.4. The second-order valence-corrected chi connectivity index (χ2v) is 10.5. The minimum atomic E-state index is 0. The van der Waals surface area contributed by atoms with E-state index in [0.29, 0.717) is 11.4 Å². The number of H-pyrrole nitrogens is 1. The van der Waals surface area contributed by atoms with Gasteiger partial charge in [0.15, 0.2) is 11.4 Å². The van der Waals surface area contributed by atoms with Crippen LogP contribution in [-0.4, -0.2) is 19.5 Å². The van der Waals surface area contributed by atoms with E-state index in [4.69, 9.17) is 13.1 Å². The summed E-state index contributed by atoms with van der Waals surface area (Å²) in [6.07, 6.45) is 11.2. The Balaban J connectivity index is 0.000000180. The van der Waals surface area contributed by atoms with Crippen LogP contribution in [0.2, 0.25) is 0 Å². The molecule has 0 fully saturated rings. The summed E-state index contributed by atoms with van der Waals surface area (Å²) in [5, 5.41) is 3.02. The van der Waals surface area contributed by atoms with E-state index in [9.17, 15) is 0 Å². The van der Waals surface area contributed by atoms with Crippen molar-refractivity contribution >= 4 is 98.0 Å². The van der Waals surface area contributed by atoms with Gasteiger partial charge in [-0.2, -0.15) is 0 Å². The predicted molar refractivity (Wildman–Crippen MR) is 179 cm³/mol. The average molecular weight is 786 g/mol. The minimum absolute atomic E-state index is 0. The first kappa shape index (κ1) is 31.3. The molecule has 0 atom stereocenters. The molecule has 2 aromatic carbocycles. The van der Waals surface area contributed by atoms with E-state index < -0.39 is 0 Å². The van der Waals surface area contributed by atoms with Crippen LogP contribution < -0.4 is 0 Å². The lowest BCUT2D eigenvalue weighted by atomic mass is 10.2. The molecule has 6 nitrogen and oxygen atoms in total. The van der Waals surface area contributed by atoms with Gasteiger partial charge in [-0.1, -0.05) is 40.2 Å². The molecule has 0 radical (unpaired) electrons. The number of benzene rings is 2. The highest BCUT2D eigenvalue weighted by Crippen LogP contribution is 2.30. The molecular weight excluding hydrogens is 764 g/mol. The summed E-state index contributed by atoms with van der Waals surface area (Å²) in [7, 11) is 0. The number of fused-ring (bicyclic) bond motifs is 2. The second-order valence-electron chi connectivity index (χ2n) is 8.25. The summed E-state index contributed by atoms with van der Waals surface area (Å²) in [5.41, 5.74) is 5.86. The molecule has 0 saturated carbocycles. The number of alkyl halides is 1. The zero-order chi connectivity index (χ0) is 27.6. The van der Waals surface area contributed by atoms with E-state index in [1.54, 1.807) is 18.5 Å². The molecule has 200 valence electrons. The van der Waals surface area contributed by atoms with Crippen LogP contribution in [0.3, 0.4) is 0 Å². The maximum absolute atomic E-state index is 7.07. The molecule has 0 unspecified atom stereocenters. The normalized spacial score (nSPS) is 9.82. The first-order valence-corrected chi connectivity index (χ1v) is 14.4. The predicted octanol–water partition coefficient (Wildman–Crippen LogP) is 10.4. The monoisotopic (exact) mass is 782 g/mol. The fraction of sp³-hybridized carbons (Fsp3) is 0.0667. The molecule has 0 saturated heterocycles. The third kappa shape index (κ3) is 8.12. The van der Waals surface area contributed by atoms with Crippen LogP contribution in [0.4, 0.5) is 11.4 Å². The van der Waals surface area contributed by atoms with E-state index in [1.165, 1.54) is 5.56 Å². The van der Waals surface area contributed by atoms with Crippen molar-refractivity contribution in [2.24, 2.45) is 0 Å². The lowest BCUT2D eigenvalue weighted by molar-refractivity contribution is 0.830. The van der Waals surface area contributed by atoms with Gasteiger partial charge in [-0.25, -0.2) is 9.69 Å². The van der Waals surface area contributed by atoms with E-state index >= 15 is 0 Å². The molecule has 0 bridgehead atoms. The van der Waals surface area contributed by atoms with Crippen molar-refractivity contribution in [3.8, 4) is 0 Å². The number of rotatable bonds is 3. The third-order valence-electron chi connectivity index (χ3n) is 5.64. The van der Waals surface area contributed by atoms with E-state index in [0.717, 1.165) is 48.2 Å². The van der Waals surface area contributed by atoms with Crippen molar-refractivity contribution in [2.75, 3.05) is 0 Å². The highest BCUT2D eigenvalue weighted by molar-refractivity contribution is 9.11. The van der Waals surface area contributed by atoms with Crippen LogP contribution in [0.25, 0.3) is 31.5 Å². The summed E-state index contributed by atoms with van der Waals surface area (Å²) in [5.74, 6) is 0. The maximum atomic E-state index is 7.07. The first-order valence-electron chi connectivity index (χ1n) is 11.7. The van der Waals surface area contributed by atoms with Crippen molar-refractivity contribution in [1.29, 1.82) is 0 Å². The van der Waals surface area contributed by atoms with Gasteiger partial charge in [-0.15, -0.1) is 17.0 Å². The van der Waals surface area contributed by atoms with Gasteiger partial charge in [0.05, 0.1) is 13.1 Å². The van der Waals surface area contributed by atoms with Crippen LogP contribution >= 0.6 is 64.8 Å². The second kappa shape index (κ2) is 15.5. The van der Waals surface area contributed by atoms with Crippen molar-refractivity contribution < 1.29 is 0 Å². The smallest absolute Gasteiger partial charge is 0.188 e. The quantitative estimate of drug-likeness (QED) is 0.144. The molecule has 6 aromatic rings. The molecule has 0 spiro atoms. The lowest BCUT2D eigenvalue weighted by Crippen LogP contribution is -1.97. The Morgan fingerprint density at radius 1 is 0.800 bits per heavy atom. The number of nitrogens with one attached hydrogen (secondary N) is 1. The topological polar surface area (TPSA) is 55.2 Å². The fourth-order valence-corrected chi connectivity index (χ4v) is 5.09. The number of aromatic nitrogens is 4. The molecule has 0 aliphatic heterocycles. The van der Waals surface area contributed by atoms with E-state index in [1.807, 2.05) is 73.3 Å². The molecular formula is C30H22Br4N6. The van der Waals surface area contributed by atoms with E-state index in [-0.39, 0.29) is 17.0 Å². The molecule has 0 aliphatic rings. The Morgan fingerprint density at radius 3 is 2.00 bits per heavy atom. The van der Waals surface area contributed by atoms with Crippen LogP contribution in [0.1, 0.15) is 11.1 Å². The number of hydrogen-bond acceptors (Lipinski definition) is 2. The third-order valence-corrected chi connectivity index (χ3v) is 7.58. The van der Waals surface area contributed by atoms with Gasteiger partial charge in [0.2, 0.25) is 0 Å². The van der Waals surface area contributed by atoms with Crippen LogP contribution in [0.5, 0.6) is 0 Å². The number of nitrogens with zero attached hydrogens (tertiary/aromatic N) is 5. The number of hydrogen-bond donors (Lipinski definition) is 1. The molecule has 1 N–H and O–H groups in total. The van der Waals surface area contributed by atoms with Gasteiger partial charge < -0.3 is 9.55 Å². The van der Waals surface area contributed by atoms with Gasteiger partial charge in [0.1, 0.15) is 0 Å². The number of halogens is 4. The summed E-state index contributed by atoms with van der Waals surface area (Å²) < 4.78 is 4.17. The van der Waals surface area contributed by atoms with E-state index in [2.05, 4.69) is 83.1 Å². The summed E-state index contributed by atoms with van der Waals surface area (Å²) in [4.78, 5) is 18.0. The Bertz CT molecular complexity index is 1770. The summed E-state index contributed by atoms with van der Waals surface area (Å²) >= 11 is 10.3. The van der Waals surface area contributed by atoms with Gasteiger partial charge in [0.25, 0.3) is 0 Å². The Labute approximate surface area is 268 Å². The van der Waals surface area contributed by atoms with Gasteiger partial charge >= 0.3 is 0 Å². The molecule has 0 amide bonds. The molecule has 0 aliphatic carbocycles. The molecule has 4 heterocycles. The minimum Gasteiger partial charge on any atom is -0.360 e. The van der Waals surface area contributed by atoms with Crippen molar-refractivity contribution in [3.63, 3.8) is 0 Å². The SMILES string of the molecule is Br.BrCc1cccnc1.[C-]#[N+]c1ccc2[nH]cc(Br)c2c1.[C-]#[N+]c1ccc2c(c1)c(Br)cn2Cc1cccnc1. The standard InChI is InChI=1S/C15H10BrN3.C9H5BrN2.C6H6BrN.BrH/c1-17-12-4-5-15-13(7-12)14(16)10-19(15)9-11-3-2-6-18-8-11;1-11-6-2-3-9-7(4-6)8(10)5-12-9;7-4-6-2-1-3-8-5-6;/h2-8,10H,9H2;2-5,12H;1-3,5H,4H2;1H. The summed E-state index contributed by atoms with van der Waals surface area (Å²) in [6.45, 7) is 14.7. The Hall–Kier alpha value is -3.28. The molecule has 6 rings (SSSR count). The molecule has 4 aromatic heterocycles. The van der Waals surface area contributed by atoms with Gasteiger partial charge in [-0.3, -0.25) is 9.97 Å². The molecule has 10 heteroatoms. The zero-order valence-electron chi connectivity index (χ0n) is 20.9. The van der Waals surface area contributed by atoms with Crippen molar-refractivity contribution in [1.82, 2.24) is 19.5 Å². The Kier molecular flexibility index (Phi) is 12.1. The lowest BCUT2D eigenvalue weighted by Gasteiger charge is -2.05. The maximum Gasteiger partial charge on any atom is 0.188 e. The number of pyridine rings is 2. The summed E-state index contributed by atoms with van der Waals surface area (Å²) in [6, 6.07) is 19.3. The molecule has 40 heavy (non-hydrogen) atoms. The largest absolute Gasteiger partial charge is 0.360 e. The van der Waals surface area contributed by atoms with Gasteiger partial charge in [-0.05, 0) is 79.4 Å². The van der Waals surface area contributed by atoms with Crippen LogP contribution in [0, 0.1) is 13.1 Å². The Morgan fingerprint density at radius 2 is 1.43 bits per heavy atom. The van der Waals surface area contributed by atoms with Crippen LogP contribution in [0.15, 0.2) is 107 Å². The van der Waals surface area contributed by atoms with Crippen LogP contribution in [-0.2, 0) is 11.9 Å². The first-order chi connectivity index (χ1) is 19.0. The number of aromatic amines is 1. The van der Waals surface area contributed by atoms with Crippen molar-refractivity contribution in [3.05, 3.63) is 141 Å². The average Bonchev–Trinajstić information content (AvgIpc) is 3.52.